The van der Waals surface area contributed by atoms with Crippen molar-refractivity contribution in [1.29, 1.82) is 0 Å². The van der Waals surface area contributed by atoms with Crippen LogP contribution in [0.2, 0.25) is 0 Å². The number of benzene rings is 20. The van der Waals surface area contributed by atoms with Gasteiger partial charge in [-0.2, -0.15) is 0 Å². The molecule has 0 bridgehead atoms. The second-order valence-electron chi connectivity index (χ2n) is 38.0. The largest absolute Gasteiger partial charge is 0.345 e. The van der Waals surface area contributed by atoms with E-state index in [9.17, 15) is 0 Å². The van der Waals surface area contributed by atoms with Gasteiger partial charge in [-0.15, -0.1) is 0 Å². The van der Waals surface area contributed by atoms with Gasteiger partial charge in [0.05, 0.1) is 0 Å². The van der Waals surface area contributed by atoms with Crippen molar-refractivity contribution in [3.63, 3.8) is 0 Å². The summed E-state index contributed by atoms with van der Waals surface area (Å²) in [5.74, 6) is 0. The van der Waals surface area contributed by atoms with E-state index in [2.05, 4.69) is 545 Å². The highest BCUT2D eigenvalue weighted by atomic mass is 15.2. The van der Waals surface area contributed by atoms with E-state index < -0.39 is 0 Å². The first-order valence-electron chi connectivity index (χ1n) is 50.6. The van der Waals surface area contributed by atoms with Crippen molar-refractivity contribution in [2.24, 2.45) is 0 Å². The molecule has 0 saturated heterocycles. The second kappa shape index (κ2) is 42.3. The Morgan fingerprint density at radius 2 is 0.440 bits per heavy atom. The maximum Gasteiger partial charge on any atom is 0.0467 e. The Labute approximate surface area is 834 Å². The predicted octanol–water partition coefficient (Wildman–Crippen LogP) is 38.8. The zero-order chi connectivity index (χ0) is 95.2. The van der Waals surface area contributed by atoms with Crippen LogP contribution < -0.4 is 19.6 Å². The van der Waals surface area contributed by atoms with Crippen molar-refractivity contribution in [1.82, 2.24) is 0 Å². The molecule has 0 aromatic heterocycles. The van der Waals surface area contributed by atoms with Crippen LogP contribution >= 0.6 is 0 Å². The third kappa shape index (κ3) is 20.1. The zero-order valence-corrected chi connectivity index (χ0v) is 81.1. The van der Waals surface area contributed by atoms with E-state index in [0.29, 0.717) is 0 Å². The van der Waals surface area contributed by atoms with Gasteiger partial charge in [0.15, 0.2) is 0 Å². The Morgan fingerprint density at radius 1 is 0.184 bits per heavy atom. The Hall–Kier alpha value is -16.4. The molecule has 0 spiro atoms. The van der Waals surface area contributed by atoms with Gasteiger partial charge in [0.2, 0.25) is 0 Å². The fraction of sp³-hybridized carbons (Fsp3) is 0.124. The Morgan fingerprint density at radius 3 is 0.794 bits per heavy atom. The minimum absolute atomic E-state index is 0.0420. The zero-order valence-electron chi connectivity index (χ0n) is 81.1. The van der Waals surface area contributed by atoms with Crippen LogP contribution in [-0.4, -0.2) is 7.05 Å². The van der Waals surface area contributed by atoms with Crippen molar-refractivity contribution >= 4 is 62.6 Å². The lowest BCUT2D eigenvalue weighted by atomic mass is 9.70. The molecule has 2 aliphatic rings. The number of fused-ring (bicyclic) bond motifs is 4. The van der Waals surface area contributed by atoms with Crippen molar-refractivity contribution in [2.75, 3.05) is 26.6 Å². The summed E-state index contributed by atoms with van der Waals surface area (Å²) in [7, 11) is 2.12. The minimum Gasteiger partial charge on any atom is -0.345 e. The van der Waals surface area contributed by atoms with Gasteiger partial charge >= 0.3 is 0 Å². The lowest BCUT2D eigenvalue weighted by Crippen LogP contribution is -2.26. The van der Waals surface area contributed by atoms with Crippen LogP contribution in [0.4, 0.5) is 62.6 Å². The van der Waals surface area contributed by atoms with Crippen LogP contribution in [0.5, 0.6) is 0 Å². The summed E-state index contributed by atoms with van der Waals surface area (Å²) in [4.78, 5) is 9.38. The molecule has 0 atom stereocenters. The van der Waals surface area contributed by atoms with Crippen LogP contribution in [0.25, 0.3) is 122 Å². The lowest BCUT2D eigenvalue weighted by molar-refractivity contribution is 0.401. The van der Waals surface area contributed by atoms with E-state index in [1.807, 2.05) is 0 Å². The molecule has 20 aromatic carbocycles. The first-order chi connectivity index (χ1) is 69.6. The van der Waals surface area contributed by atoms with E-state index in [1.54, 1.807) is 0 Å². The number of rotatable bonds is 31. The van der Waals surface area contributed by atoms with Gasteiger partial charge in [0.1, 0.15) is 0 Å². The first-order valence-corrected chi connectivity index (χ1v) is 50.6. The molecule has 0 amide bonds. The average Bonchev–Trinajstić information content (AvgIpc) is 1.56. The van der Waals surface area contributed by atoms with Gasteiger partial charge in [-0.3, -0.25) is 0 Å². The third-order valence-corrected chi connectivity index (χ3v) is 28.9. The van der Waals surface area contributed by atoms with E-state index in [4.69, 9.17) is 0 Å². The Bertz CT molecular complexity index is 7610. The maximum atomic E-state index is 2.59. The normalized spacial score (nSPS) is 12.0. The number of unbranched alkanes of at least 4 members (excludes halogenated alkanes) is 6. The molecular weight excluding hydrogens is 1700 g/mol. The highest BCUT2D eigenvalue weighted by Crippen LogP contribution is 2.57. The summed E-state index contributed by atoms with van der Waals surface area (Å²) < 4.78 is 0. The molecule has 0 fully saturated rings. The molecule has 686 valence electrons. The highest BCUT2D eigenvalue weighted by Gasteiger charge is 2.43. The molecule has 4 nitrogen and oxygen atoms in total. The number of aryl methyl sites for hydroxylation is 3. The fourth-order valence-corrected chi connectivity index (χ4v) is 21.1. The number of hydrogen-bond donors (Lipinski definition) is 0. The van der Waals surface area contributed by atoms with E-state index in [0.717, 1.165) is 51.2 Å². The Balaban J connectivity index is 0.000000213. The fourth-order valence-electron chi connectivity index (χ4n) is 21.1. The van der Waals surface area contributed by atoms with Crippen LogP contribution in [-0.2, 0) is 18.3 Å². The summed E-state index contributed by atoms with van der Waals surface area (Å²) >= 11 is 0. The second-order valence-corrected chi connectivity index (χ2v) is 38.0. The smallest absolute Gasteiger partial charge is 0.0467 e. The van der Waals surface area contributed by atoms with Gasteiger partial charge in [0, 0.05) is 75.0 Å². The van der Waals surface area contributed by atoms with Gasteiger partial charge < -0.3 is 19.6 Å². The predicted molar refractivity (Wildman–Crippen MR) is 602 cm³/mol. The molecule has 141 heavy (non-hydrogen) atoms. The number of anilines is 11. The minimum atomic E-state index is -0.0420. The summed E-state index contributed by atoms with van der Waals surface area (Å²) in [5.41, 5.74) is 46.7. The molecular formula is C137H118N4. The van der Waals surface area contributed by atoms with Crippen molar-refractivity contribution in [2.45, 2.75) is 103 Å². The number of para-hydroxylation sites is 4. The first kappa shape index (κ1) is 91.0. The quantitative estimate of drug-likeness (QED) is 0.0402. The van der Waals surface area contributed by atoms with Crippen LogP contribution in [0.1, 0.15) is 106 Å². The standard InChI is InChI=1S/C92H83N3.C45H35N/c1-4-6-8-21-61-92(62-22-9-7-5-2)90-42-20-19-41-88(90)89-60-59-87(67-91(89)92)95(85-55-47-70(48-56-85)74-29-25-32-77(65-74)76-31-23-27-72(63-76)68-43-51-81(52-44-68)93(3)80-35-13-10-14-36-80)86-57-49-71(50-58-86)75-30-26-34-79(66-75)78-33-24-28-73(64-78)69-45-53-84(54-46-69)94(82-37-15-11-16-38-82)83-39-17-12-18-40-83;1-32-16-18-33(19-17-32)36-8-5-10-38(28-36)39-11-6-9-37(29-39)35-24-26-44(27-25-35)46(43-13-3-2-4-14-43)45-15-7-12-40(31-45)42-23-21-34-20-22-41(34)30-42/h10-20,23-60,63-67H,4-9,21-22,61-62H2,1-3H3;2-19,21,23-31H,20,22H2,1H3. The molecule has 0 unspecified atom stereocenters. The topological polar surface area (TPSA) is 13.0 Å². The number of nitrogens with zero attached hydrogens (tertiary/aromatic N) is 4. The maximum absolute atomic E-state index is 2.59. The summed E-state index contributed by atoms with van der Waals surface area (Å²) in [6, 6.07) is 183. The SMILES string of the molecule is CCCCCCC1(CCCCCC)c2ccccc2-c2ccc(N(c3ccc(-c4cccc(-c5cccc(-c6ccc(N(C)c7ccccc7)cc6)c5)c4)cc3)c3ccc(-c4cccc(-c5cccc(-c6ccc(N(c7ccccc7)c7ccccc7)cc6)c5)c4)cc3)cc21.Cc1ccc(-c2cccc(-c3cccc(-c4ccc(N(c5ccccc5)c5cccc(-c6ccc7c(c6)CC7)c5)cc4)c3)c2)cc1. The van der Waals surface area contributed by atoms with Crippen LogP contribution in [0, 0.1) is 6.92 Å². The molecule has 22 rings (SSSR count). The summed E-state index contributed by atoms with van der Waals surface area (Å²) in [6.45, 7) is 6.79. The summed E-state index contributed by atoms with van der Waals surface area (Å²) in [6.07, 6.45) is 14.7. The molecule has 0 heterocycles. The summed E-state index contributed by atoms with van der Waals surface area (Å²) in [5, 5.41) is 0. The van der Waals surface area contributed by atoms with E-state index in [-0.39, 0.29) is 5.41 Å². The van der Waals surface area contributed by atoms with Gasteiger partial charge in [-0.1, -0.05) is 398 Å². The van der Waals surface area contributed by atoms with Crippen molar-refractivity contribution in [3.05, 3.63) is 525 Å². The lowest BCUT2D eigenvalue weighted by Gasteiger charge is -2.34. The van der Waals surface area contributed by atoms with Gasteiger partial charge in [-0.25, -0.2) is 0 Å². The third-order valence-electron chi connectivity index (χ3n) is 28.9. The molecule has 0 aliphatic heterocycles. The van der Waals surface area contributed by atoms with Crippen molar-refractivity contribution in [3.8, 4) is 122 Å². The molecule has 20 aromatic rings. The molecule has 2 aliphatic carbocycles. The van der Waals surface area contributed by atoms with Gasteiger partial charge in [0.25, 0.3) is 0 Å². The van der Waals surface area contributed by atoms with E-state index >= 15 is 0 Å². The average molecular weight is 1820 g/mol. The van der Waals surface area contributed by atoms with Gasteiger partial charge in [-0.05, 0) is 347 Å². The van der Waals surface area contributed by atoms with Crippen molar-refractivity contribution < 1.29 is 0 Å². The number of hydrogen-bond acceptors (Lipinski definition) is 4. The molecule has 0 N–H and O–H groups in total. The van der Waals surface area contributed by atoms with E-state index in [1.165, 1.54) is 239 Å². The molecule has 0 saturated carbocycles. The highest BCUT2D eigenvalue weighted by molar-refractivity contribution is 5.90. The van der Waals surface area contributed by atoms with Crippen LogP contribution in [0.3, 0.4) is 0 Å². The Kier molecular flexibility index (Phi) is 27.3. The molecule has 0 radical (unpaired) electrons. The van der Waals surface area contributed by atoms with Crippen LogP contribution in [0.15, 0.2) is 497 Å². The molecule has 4 heteroatoms. The monoisotopic (exact) mass is 1820 g/mol.